The molecule has 0 saturated carbocycles. The summed E-state index contributed by atoms with van der Waals surface area (Å²) in [6, 6.07) is 8.49. The van der Waals surface area contributed by atoms with E-state index in [9.17, 15) is 0 Å². The molecule has 2 rings (SSSR count). The van der Waals surface area contributed by atoms with Crippen molar-refractivity contribution in [2.24, 2.45) is 0 Å². The molecule has 2 N–H and O–H groups in total. The maximum atomic E-state index is 3.48. The first-order valence-electron chi connectivity index (χ1n) is 5.27. The Kier molecular flexibility index (Phi) is 3.44. The Labute approximate surface area is 98.2 Å². The van der Waals surface area contributed by atoms with Gasteiger partial charge in [0.1, 0.15) is 0 Å². The van der Waals surface area contributed by atoms with Gasteiger partial charge in [0.15, 0.2) is 0 Å². The molecule has 0 radical (unpaired) electrons. The third-order valence-corrected chi connectivity index (χ3v) is 2.87. The molecule has 0 saturated heterocycles. The average Bonchev–Trinajstić information content (AvgIpc) is 2.60. The van der Waals surface area contributed by atoms with E-state index in [1.165, 1.54) is 23.0 Å². The second kappa shape index (κ2) is 4.81. The second-order valence-corrected chi connectivity index (χ2v) is 4.62. The minimum absolute atomic E-state index is 0.917. The SMILES string of the molecule is CCCNCc1cc2cc(Br)ccc2[nH]1. The molecule has 1 heterocycles. The first kappa shape index (κ1) is 10.7. The number of aromatic nitrogens is 1. The van der Waals surface area contributed by atoms with E-state index in [2.05, 4.69) is 57.4 Å². The van der Waals surface area contributed by atoms with Crippen LogP contribution in [0.5, 0.6) is 0 Å². The topological polar surface area (TPSA) is 27.8 Å². The Morgan fingerprint density at radius 3 is 3.00 bits per heavy atom. The van der Waals surface area contributed by atoms with Crippen molar-refractivity contribution < 1.29 is 0 Å². The standard InChI is InChI=1S/C12H15BrN2/c1-2-5-14-8-11-7-9-6-10(13)3-4-12(9)15-11/h3-4,6-7,14-15H,2,5,8H2,1H3. The Hall–Kier alpha value is -0.800. The first-order chi connectivity index (χ1) is 7.29. The predicted molar refractivity (Wildman–Crippen MR) is 68.0 cm³/mol. The quantitative estimate of drug-likeness (QED) is 0.816. The van der Waals surface area contributed by atoms with Crippen LogP contribution in [0.4, 0.5) is 0 Å². The van der Waals surface area contributed by atoms with Crippen molar-refractivity contribution in [1.82, 2.24) is 10.3 Å². The summed E-state index contributed by atoms with van der Waals surface area (Å²) < 4.78 is 1.13. The second-order valence-electron chi connectivity index (χ2n) is 3.70. The number of fused-ring (bicyclic) bond motifs is 1. The van der Waals surface area contributed by atoms with Crippen molar-refractivity contribution in [3.05, 3.63) is 34.4 Å². The number of hydrogen-bond donors (Lipinski definition) is 2. The fourth-order valence-electron chi connectivity index (χ4n) is 1.66. The predicted octanol–water partition coefficient (Wildman–Crippen LogP) is 3.43. The number of benzene rings is 1. The summed E-state index contributed by atoms with van der Waals surface area (Å²) in [6.07, 6.45) is 1.17. The molecule has 1 aromatic heterocycles. The maximum Gasteiger partial charge on any atom is 0.0457 e. The molecule has 0 bridgehead atoms. The molecule has 15 heavy (non-hydrogen) atoms. The molecule has 2 nitrogen and oxygen atoms in total. The molecule has 0 spiro atoms. The van der Waals surface area contributed by atoms with E-state index in [1.54, 1.807) is 0 Å². The number of nitrogens with one attached hydrogen (secondary N) is 2. The summed E-state index contributed by atoms with van der Waals surface area (Å²) in [5, 5.41) is 4.65. The van der Waals surface area contributed by atoms with E-state index in [0.717, 1.165) is 17.6 Å². The number of aromatic amines is 1. The van der Waals surface area contributed by atoms with Gasteiger partial charge in [0.05, 0.1) is 0 Å². The lowest BCUT2D eigenvalue weighted by Crippen LogP contribution is -2.13. The van der Waals surface area contributed by atoms with E-state index >= 15 is 0 Å². The van der Waals surface area contributed by atoms with Crippen LogP contribution >= 0.6 is 15.9 Å². The molecule has 3 heteroatoms. The molecule has 80 valence electrons. The van der Waals surface area contributed by atoms with E-state index in [0.29, 0.717) is 0 Å². The van der Waals surface area contributed by atoms with Crippen LogP contribution in [0, 0.1) is 0 Å². The van der Waals surface area contributed by atoms with Crippen molar-refractivity contribution in [3.8, 4) is 0 Å². The van der Waals surface area contributed by atoms with Crippen LogP contribution in [0.3, 0.4) is 0 Å². The van der Waals surface area contributed by atoms with Crippen LogP contribution in [0.15, 0.2) is 28.7 Å². The zero-order valence-electron chi connectivity index (χ0n) is 8.81. The van der Waals surface area contributed by atoms with Gasteiger partial charge >= 0.3 is 0 Å². The molecule has 0 fully saturated rings. The molecule has 2 aromatic rings. The molecule has 0 aliphatic rings. The van der Waals surface area contributed by atoms with Gasteiger partial charge in [-0.3, -0.25) is 0 Å². The highest BCUT2D eigenvalue weighted by molar-refractivity contribution is 9.10. The fraction of sp³-hybridized carbons (Fsp3) is 0.333. The molecule has 1 aromatic carbocycles. The number of rotatable bonds is 4. The minimum Gasteiger partial charge on any atom is -0.357 e. The Bertz CT molecular complexity index is 448. The molecular weight excluding hydrogens is 252 g/mol. The first-order valence-corrected chi connectivity index (χ1v) is 6.07. The van der Waals surface area contributed by atoms with E-state index in [1.807, 2.05) is 0 Å². The lowest BCUT2D eigenvalue weighted by molar-refractivity contribution is 0.667. The monoisotopic (exact) mass is 266 g/mol. The van der Waals surface area contributed by atoms with Gasteiger partial charge in [0, 0.05) is 27.6 Å². The van der Waals surface area contributed by atoms with E-state index < -0.39 is 0 Å². The lowest BCUT2D eigenvalue weighted by atomic mass is 10.2. The Balaban J connectivity index is 2.16. The summed E-state index contributed by atoms with van der Waals surface area (Å²) in [5.74, 6) is 0. The average molecular weight is 267 g/mol. The molecule has 0 atom stereocenters. The highest BCUT2D eigenvalue weighted by atomic mass is 79.9. The maximum absolute atomic E-state index is 3.48. The highest BCUT2D eigenvalue weighted by Crippen LogP contribution is 2.20. The molecule has 0 aliphatic carbocycles. The van der Waals surface area contributed by atoms with Crippen molar-refractivity contribution >= 4 is 26.8 Å². The van der Waals surface area contributed by atoms with Crippen LogP contribution in [0.2, 0.25) is 0 Å². The van der Waals surface area contributed by atoms with Gasteiger partial charge in [-0.1, -0.05) is 22.9 Å². The Morgan fingerprint density at radius 1 is 1.33 bits per heavy atom. The van der Waals surface area contributed by atoms with Gasteiger partial charge in [0.2, 0.25) is 0 Å². The summed E-state index contributed by atoms with van der Waals surface area (Å²) >= 11 is 3.48. The van der Waals surface area contributed by atoms with Gasteiger partial charge in [-0.25, -0.2) is 0 Å². The molecule has 0 unspecified atom stereocenters. The van der Waals surface area contributed by atoms with Gasteiger partial charge in [-0.2, -0.15) is 0 Å². The summed E-state index contributed by atoms with van der Waals surface area (Å²) in [5.41, 5.74) is 2.45. The lowest BCUT2D eigenvalue weighted by Gasteiger charge is -1.98. The molecular formula is C12H15BrN2. The van der Waals surface area contributed by atoms with Crippen molar-refractivity contribution in [2.75, 3.05) is 6.54 Å². The van der Waals surface area contributed by atoms with Crippen LogP contribution in [-0.2, 0) is 6.54 Å². The summed E-state index contributed by atoms with van der Waals surface area (Å²) in [6.45, 7) is 4.16. The van der Waals surface area contributed by atoms with Crippen LogP contribution in [0.25, 0.3) is 10.9 Å². The van der Waals surface area contributed by atoms with Crippen molar-refractivity contribution in [1.29, 1.82) is 0 Å². The zero-order valence-corrected chi connectivity index (χ0v) is 10.4. The largest absolute Gasteiger partial charge is 0.357 e. The number of halogens is 1. The number of H-pyrrole nitrogens is 1. The molecule has 0 amide bonds. The van der Waals surface area contributed by atoms with Gasteiger partial charge in [0.25, 0.3) is 0 Å². The normalized spacial score (nSPS) is 11.1. The van der Waals surface area contributed by atoms with Crippen molar-refractivity contribution in [2.45, 2.75) is 19.9 Å². The smallest absolute Gasteiger partial charge is 0.0457 e. The third-order valence-electron chi connectivity index (χ3n) is 2.38. The van der Waals surface area contributed by atoms with Gasteiger partial charge in [-0.15, -0.1) is 0 Å². The highest BCUT2D eigenvalue weighted by Gasteiger charge is 2.00. The van der Waals surface area contributed by atoms with Crippen LogP contribution in [0.1, 0.15) is 19.0 Å². The van der Waals surface area contributed by atoms with E-state index in [4.69, 9.17) is 0 Å². The van der Waals surface area contributed by atoms with E-state index in [-0.39, 0.29) is 0 Å². The van der Waals surface area contributed by atoms with Gasteiger partial charge < -0.3 is 10.3 Å². The number of hydrogen-bond acceptors (Lipinski definition) is 1. The zero-order chi connectivity index (χ0) is 10.7. The third kappa shape index (κ3) is 2.61. The van der Waals surface area contributed by atoms with Crippen molar-refractivity contribution in [3.63, 3.8) is 0 Å². The summed E-state index contributed by atoms with van der Waals surface area (Å²) in [7, 11) is 0. The minimum atomic E-state index is 0.917. The van der Waals surface area contributed by atoms with Crippen LogP contribution in [-0.4, -0.2) is 11.5 Å². The molecule has 0 aliphatic heterocycles. The summed E-state index contributed by atoms with van der Waals surface area (Å²) in [4.78, 5) is 3.40. The van der Waals surface area contributed by atoms with Gasteiger partial charge in [-0.05, 0) is 37.2 Å². The van der Waals surface area contributed by atoms with Crippen LogP contribution < -0.4 is 5.32 Å². The fourth-order valence-corrected chi connectivity index (χ4v) is 2.04. The Morgan fingerprint density at radius 2 is 2.20 bits per heavy atom.